The number of carbonyl (C=O) groups is 2. The zero-order valence-corrected chi connectivity index (χ0v) is 12.7. The number of likely N-dealkylation sites (tertiary alicyclic amines) is 1. The first-order valence-corrected chi connectivity index (χ1v) is 7.74. The fraction of sp³-hybridized carbons (Fsp3) is 0.643. The monoisotopic (exact) mass is 296 g/mol. The van der Waals surface area contributed by atoms with Gasteiger partial charge in [-0.3, -0.25) is 9.59 Å². The van der Waals surface area contributed by atoms with Gasteiger partial charge in [0, 0.05) is 24.4 Å². The Morgan fingerprint density at radius 1 is 1.45 bits per heavy atom. The average Bonchev–Trinajstić information content (AvgIpc) is 2.75. The van der Waals surface area contributed by atoms with Gasteiger partial charge >= 0.3 is 5.97 Å². The van der Waals surface area contributed by atoms with Crippen molar-refractivity contribution in [3.63, 3.8) is 0 Å². The Labute approximate surface area is 122 Å². The SMILES string of the molecule is Cc1nc(C(=O)N2CCCC(CCC(=O)O)C2)c(C)s1. The van der Waals surface area contributed by atoms with Gasteiger partial charge in [0.05, 0.1) is 5.01 Å². The third-order valence-electron chi connectivity index (χ3n) is 3.68. The van der Waals surface area contributed by atoms with Gasteiger partial charge < -0.3 is 10.0 Å². The summed E-state index contributed by atoms with van der Waals surface area (Å²) in [7, 11) is 0. The molecule has 0 aromatic carbocycles. The number of carboxylic acids is 1. The largest absolute Gasteiger partial charge is 0.481 e. The molecule has 110 valence electrons. The number of piperidine rings is 1. The number of hydrogen-bond donors (Lipinski definition) is 1. The summed E-state index contributed by atoms with van der Waals surface area (Å²) in [6.45, 7) is 5.23. The Bertz CT molecular complexity index is 513. The number of aromatic nitrogens is 1. The Kier molecular flexibility index (Phi) is 4.75. The van der Waals surface area contributed by atoms with Gasteiger partial charge in [-0.25, -0.2) is 4.98 Å². The Balaban J connectivity index is 1.99. The number of hydrogen-bond acceptors (Lipinski definition) is 4. The lowest BCUT2D eigenvalue weighted by Gasteiger charge is -2.32. The molecule has 2 rings (SSSR count). The van der Waals surface area contributed by atoms with Crippen LogP contribution in [-0.4, -0.2) is 40.0 Å². The summed E-state index contributed by atoms with van der Waals surface area (Å²) >= 11 is 1.54. The van der Waals surface area contributed by atoms with Crippen molar-refractivity contribution in [3.05, 3.63) is 15.6 Å². The highest BCUT2D eigenvalue weighted by molar-refractivity contribution is 7.11. The van der Waals surface area contributed by atoms with Crippen LogP contribution in [0.1, 0.15) is 46.1 Å². The second-order valence-corrected chi connectivity index (χ2v) is 6.74. The molecule has 20 heavy (non-hydrogen) atoms. The van der Waals surface area contributed by atoms with E-state index in [1.54, 1.807) is 11.3 Å². The fourth-order valence-electron chi connectivity index (χ4n) is 2.69. The molecule has 1 unspecified atom stereocenters. The maximum absolute atomic E-state index is 12.5. The minimum Gasteiger partial charge on any atom is -0.481 e. The number of carboxylic acid groups (broad SMARTS) is 1. The predicted octanol–water partition coefficient (Wildman–Crippen LogP) is 2.48. The van der Waals surface area contributed by atoms with E-state index in [9.17, 15) is 9.59 Å². The first kappa shape index (κ1) is 15.0. The second-order valence-electron chi connectivity index (χ2n) is 5.33. The highest BCUT2D eigenvalue weighted by Crippen LogP contribution is 2.24. The lowest BCUT2D eigenvalue weighted by atomic mass is 9.93. The van der Waals surface area contributed by atoms with Crippen LogP contribution in [0, 0.1) is 19.8 Å². The molecule has 1 aromatic heterocycles. The van der Waals surface area contributed by atoms with Crippen LogP contribution in [0.15, 0.2) is 0 Å². The normalized spacial score (nSPS) is 19.1. The van der Waals surface area contributed by atoms with Gasteiger partial charge in [-0.15, -0.1) is 11.3 Å². The minimum atomic E-state index is -0.764. The molecule has 5 nitrogen and oxygen atoms in total. The first-order chi connectivity index (χ1) is 9.47. The van der Waals surface area contributed by atoms with E-state index in [-0.39, 0.29) is 12.3 Å². The molecule has 0 saturated carbocycles. The Hall–Kier alpha value is -1.43. The molecule has 1 amide bonds. The van der Waals surface area contributed by atoms with Gasteiger partial charge in [0.2, 0.25) is 0 Å². The highest BCUT2D eigenvalue weighted by atomic mass is 32.1. The summed E-state index contributed by atoms with van der Waals surface area (Å²) in [5.74, 6) is -0.477. The molecule has 6 heteroatoms. The van der Waals surface area contributed by atoms with E-state index in [4.69, 9.17) is 5.11 Å². The number of rotatable bonds is 4. The maximum Gasteiger partial charge on any atom is 0.303 e. The summed E-state index contributed by atoms with van der Waals surface area (Å²) in [6, 6.07) is 0. The van der Waals surface area contributed by atoms with E-state index in [0.29, 0.717) is 24.6 Å². The molecule has 1 aromatic rings. The van der Waals surface area contributed by atoms with Crippen LogP contribution in [0.2, 0.25) is 0 Å². The summed E-state index contributed by atoms with van der Waals surface area (Å²) in [6.07, 6.45) is 2.78. The molecule has 1 fully saturated rings. The standard InChI is InChI=1S/C14H20N2O3S/c1-9-13(15-10(2)20-9)14(19)16-7-3-4-11(8-16)5-6-12(17)18/h11H,3-8H2,1-2H3,(H,17,18). The third kappa shape index (κ3) is 3.56. The zero-order chi connectivity index (χ0) is 14.7. The molecule has 0 aliphatic carbocycles. The molecule has 1 saturated heterocycles. The van der Waals surface area contributed by atoms with Crippen LogP contribution in [0.5, 0.6) is 0 Å². The van der Waals surface area contributed by atoms with E-state index in [2.05, 4.69) is 4.98 Å². The van der Waals surface area contributed by atoms with Gasteiger partial charge in [0.15, 0.2) is 0 Å². The van der Waals surface area contributed by atoms with E-state index in [1.807, 2.05) is 18.7 Å². The van der Waals surface area contributed by atoms with Gasteiger partial charge in [0.25, 0.3) is 5.91 Å². The molecule has 0 radical (unpaired) electrons. The minimum absolute atomic E-state index is 0.00752. The molecule has 0 bridgehead atoms. The fourth-order valence-corrected chi connectivity index (χ4v) is 3.50. The molecule has 1 aliphatic rings. The number of thiazole rings is 1. The maximum atomic E-state index is 12.5. The summed E-state index contributed by atoms with van der Waals surface area (Å²) in [5, 5.41) is 9.65. The van der Waals surface area contributed by atoms with Gasteiger partial charge in [-0.05, 0) is 39.0 Å². The van der Waals surface area contributed by atoms with E-state index in [1.165, 1.54) is 0 Å². The van der Waals surface area contributed by atoms with Crippen molar-refractivity contribution in [1.82, 2.24) is 9.88 Å². The van der Waals surface area contributed by atoms with Crippen molar-refractivity contribution in [2.24, 2.45) is 5.92 Å². The summed E-state index contributed by atoms with van der Waals surface area (Å²) < 4.78 is 0. The molecule has 2 heterocycles. The number of amides is 1. The van der Waals surface area contributed by atoms with Crippen LogP contribution in [0.25, 0.3) is 0 Å². The van der Waals surface area contributed by atoms with Gasteiger partial charge in [0.1, 0.15) is 5.69 Å². The highest BCUT2D eigenvalue weighted by Gasteiger charge is 2.27. The van der Waals surface area contributed by atoms with Crippen LogP contribution in [0.4, 0.5) is 0 Å². The third-order valence-corrected chi connectivity index (χ3v) is 4.56. The van der Waals surface area contributed by atoms with Gasteiger partial charge in [-0.1, -0.05) is 0 Å². The Morgan fingerprint density at radius 2 is 2.20 bits per heavy atom. The lowest BCUT2D eigenvalue weighted by Crippen LogP contribution is -2.40. The molecular formula is C14H20N2O3S. The molecule has 0 spiro atoms. The van der Waals surface area contributed by atoms with Crippen molar-refractivity contribution >= 4 is 23.2 Å². The van der Waals surface area contributed by atoms with Crippen molar-refractivity contribution < 1.29 is 14.7 Å². The molecule has 1 atom stereocenters. The van der Waals surface area contributed by atoms with E-state index >= 15 is 0 Å². The smallest absolute Gasteiger partial charge is 0.303 e. The average molecular weight is 296 g/mol. The predicted molar refractivity (Wildman–Crippen MR) is 77.1 cm³/mol. The first-order valence-electron chi connectivity index (χ1n) is 6.92. The molecular weight excluding hydrogens is 276 g/mol. The van der Waals surface area contributed by atoms with Crippen LogP contribution in [-0.2, 0) is 4.79 Å². The van der Waals surface area contributed by atoms with Crippen molar-refractivity contribution in [3.8, 4) is 0 Å². The zero-order valence-electron chi connectivity index (χ0n) is 11.9. The van der Waals surface area contributed by atoms with E-state index < -0.39 is 5.97 Å². The topological polar surface area (TPSA) is 70.5 Å². The summed E-state index contributed by atoms with van der Waals surface area (Å²) in [4.78, 5) is 30.2. The lowest BCUT2D eigenvalue weighted by molar-refractivity contribution is -0.137. The van der Waals surface area contributed by atoms with Crippen molar-refractivity contribution in [1.29, 1.82) is 0 Å². The molecule has 1 N–H and O–H groups in total. The number of carbonyl (C=O) groups excluding carboxylic acids is 1. The number of aliphatic carboxylic acids is 1. The molecule has 1 aliphatic heterocycles. The van der Waals surface area contributed by atoms with Crippen LogP contribution in [0.3, 0.4) is 0 Å². The number of aryl methyl sites for hydroxylation is 2. The van der Waals surface area contributed by atoms with Crippen molar-refractivity contribution in [2.45, 2.75) is 39.5 Å². The van der Waals surface area contributed by atoms with Crippen LogP contribution >= 0.6 is 11.3 Å². The Morgan fingerprint density at radius 3 is 2.80 bits per heavy atom. The van der Waals surface area contributed by atoms with Crippen molar-refractivity contribution in [2.75, 3.05) is 13.1 Å². The number of nitrogens with zero attached hydrogens (tertiary/aromatic N) is 2. The van der Waals surface area contributed by atoms with Crippen LogP contribution < -0.4 is 0 Å². The summed E-state index contributed by atoms with van der Waals surface area (Å²) in [5.41, 5.74) is 0.561. The van der Waals surface area contributed by atoms with Gasteiger partial charge in [-0.2, -0.15) is 0 Å². The van der Waals surface area contributed by atoms with E-state index in [0.717, 1.165) is 29.3 Å². The quantitative estimate of drug-likeness (QED) is 0.926. The second kappa shape index (κ2) is 6.35.